The van der Waals surface area contributed by atoms with E-state index in [1.807, 2.05) is 90.7 Å². The second-order valence-corrected chi connectivity index (χ2v) is 28.6. The summed E-state index contributed by atoms with van der Waals surface area (Å²) in [5, 5.41) is 64.9. The topological polar surface area (TPSA) is 191 Å². The molecule has 80 heavy (non-hydrogen) atoms. The summed E-state index contributed by atoms with van der Waals surface area (Å²) in [4.78, 5) is 34.8. The van der Waals surface area contributed by atoms with Crippen LogP contribution in [0.3, 0.4) is 0 Å². The molecule has 3 aromatic rings. The number of carbonyl (C=O) groups is 2. The highest BCUT2D eigenvalue weighted by Gasteiger charge is 2.55. The molecule has 1 amide bonds. The van der Waals surface area contributed by atoms with Crippen LogP contribution in [-0.2, 0) is 33.3 Å². The van der Waals surface area contributed by atoms with Gasteiger partial charge in [0.25, 0.3) is 0 Å². The Morgan fingerprint density at radius 2 is 1.35 bits per heavy atom. The third-order valence-corrected chi connectivity index (χ3v) is 22.9. The maximum absolute atomic E-state index is 14.8. The normalized spacial score (nSPS) is 36.4. The van der Waals surface area contributed by atoms with Crippen molar-refractivity contribution >= 4 is 35.1 Å². The van der Waals surface area contributed by atoms with Gasteiger partial charge in [-0.15, -0.1) is 0 Å². The first-order valence-electron chi connectivity index (χ1n) is 29.6. The summed E-state index contributed by atoms with van der Waals surface area (Å²) in [7, 11) is 5.12. The molecule has 448 valence electrons. The van der Waals surface area contributed by atoms with E-state index in [1.54, 1.807) is 27.9 Å². The lowest BCUT2D eigenvalue weighted by atomic mass is 9.68. The van der Waals surface area contributed by atoms with Crippen molar-refractivity contribution in [2.45, 2.75) is 205 Å². The molecular weight excluding hydrogens is 1030 g/mol. The molecule has 0 spiro atoms. The average molecular weight is 1140 g/mol. The van der Waals surface area contributed by atoms with Gasteiger partial charge in [-0.05, 0) is 143 Å². The molecule has 16 heteroatoms. The number of aliphatic hydroxyl groups is 5. The van der Waals surface area contributed by atoms with Crippen LogP contribution in [0.5, 0.6) is 0 Å². The first-order chi connectivity index (χ1) is 37.7. The van der Waals surface area contributed by atoms with Crippen molar-refractivity contribution in [3.05, 3.63) is 91.0 Å². The van der Waals surface area contributed by atoms with E-state index in [1.165, 1.54) is 22.8 Å². The number of benzene rings is 3. The van der Waals surface area contributed by atoms with E-state index in [4.69, 9.17) is 23.7 Å². The van der Waals surface area contributed by atoms with Crippen LogP contribution in [0, 0.1) is 23.7 Å². The van der Waals surface area contributed by atoms with Crippen molar-refractivity contribution < 1.29 is 58.8 Å². The van der Waals surface area contributed by atoms with Gasteiger partial charge < -0.3 is 59.0 Å². The number of carbonyl (C=O) groups excluding carboxylic acids is 2. The minimum absolute atomic E-state index is 0.0811. The zero-order chi connectivity index (χ0) is 58.9. The first kappa shape index (κ1) is 65.7. The Hall–Kier alpha value is -3.41. The van der Waals surface area contributed by atoms with Crippen LogP contribution < -0.4 is 15.9 Å². The molecule has 1 unspecified atom stereocenters. The predicted molar refractivity (Wildman–Crippen MR) is 318 cm³/mol. The maximum atomic E-state index is 14.8. The molecule has 18 atom stereocenters. The fourth-order valence-electron chi connectivity index (χ4n) is 13.7. The van der Waals surface area contributed by atoms with Crippen molar-refractivity contribution in [2.24, 2.45) is 23.7 Å². The fourth-order valence-corrected chi connectivity index (χ4v) is 18.0. The highest BCUT2D eigenvalue weighted by atomic mass is 31.2. The zero-order valence-corrected chi connectivity index (χ0v) is 51.6. The minimum Gasteiger partial charge on any atom is -0.459 e. The number of rotatable bonds is 18. The van der Waals surface area contributed by atoms with Gasteiger partial charge >= 0.3 is 5.97 Å². The zero-order valence-electron chi connectivity index (χ0n) is 50.7. The number of nitrogens with zero attached hydrogens (tertiary/aromatic N) is 3. The van der Waals surface area contributed by atoms with Gasteiger partial charge in [0.15, 0.2) is 6.29 Å². The molecule has 0 aromatic heterocycles. The number of aliphatic hydroxyl groups excluding tert-OH is 3. The quantitative estimate of drug-likeness (QED) is 0.0523. The van der Waals surface area contributed by atoms with E-state index in [-0.39, 0.29) is 43.2 Å². The monoisotopic (exact) mass is 1130 g/mol. The van der Waals surface area contributed by atoms with E-state index < -0.39 is 103 Å². The Balaban J connectivity index is 1.25. The van der Waals surface area contributed by atoms with Gasteiger partial charge in [0.1, 0.15) is 53.2 Å². The second kappa shape index (κ2) is 28.4. The van der Waals surface area contributed by atoms with Crippen molar-refractivity contribution in [1.82, 2.24) is 14.7 Å². The van der Waals surface area contributed by atoms with E-state index in [0.717, 1.165) is 12.6 Å². The van der Waals surface area contributed by atoms with E-state index in [0.29, 0.717) is 45.3 Å². The number of hydrogen-bond donors (Lipinski definition) is 5. The van der Waals surface area contributed by atoms with Crippen LogP contribution in [0.2, 0.25) is 0 Å². The molecule has 0 radical (unpaired) electrons. The smallest absolute Gasteiger partial charge is 0.309 e. The molecule has 3 aromatic carbocycles. The summed E-state index contributed by atoms with van der Waals surface area (Å²) < 4.78 is 32.3. The molecule has 15 nitrogen and oxygen atoms in total. The summed E-state index contributed by atoms with van der Waals surface area (Å²) in [6.07, 6.45) is -3.97. The summed E-state index contributed by atoms with van der Waals surface area (Å²) in [6.45, 7) is 19.7. The van der Waals surface area contributed by atoms with E-state index >= 15 is 0 Å². The Morgan fingerprint density at radius 3 is 1.88 bits per heavy atom. The summed E-state index contributed by atoms with van der Waals surface area (Å²) in [6, 6.07) is 31.1. The van der Waals surface area contributed by atoms with Gasteiger partial charge in [-0.3, -0.25) is 14.5 Å². The molecule has 0 saturated carbocycles. The lowest BCUT2D eigenvalue weighted by molar-refractivity contribution is -0.302. The number of amides is 1. The SMILES string of the molecule is CC[C@H]1OC(=O)[C@H](C)C([C@H]2C[C@@](C)(OC)[C@@H](O)[C@H](C)O2)[C@H](C)[C@@H](O[C@@H]2O[C@H](C)C[C@H](N(C)C)[C@H]2O)[C@](C)(O)C[C@@H](C)CN(CCCCCC(=O)N(C)CC[P+](c2ccccc2)(c2ccccc2)c2ccccc2)[C@H](C)[C@@H](O)[C@]1(C)O. The van der Waals surface area contributed by atoms with Gasteiger partial charge in [0.05, 0.1) is 54.2 Å². The van der Waals surface area contributed by atoms with E-state index in [9.17, 15) is 35.1 Å². The van der Waals surface area contributed by atoms with E-state index in [2.05, 4.69) is 77.7 Å². The molecule has 3 heterocycles. The first-order valence-corrected chi connectivity index (χ1v) is 31.6. The minimum atomic E-state index is -2.13. The summed E-state index contributed by atoms with van der Waals surface area (Å²) in [5.74, 6) is -3.10. The molecule has 3 aliphatic rings. The molecule has 3 saturated heterocycles. The molecular formula is C64H101N3O12P+. The molecule has 3 aliphatic heterocycles. The van der Waals surface area contributed by atoms with Crippen LogP contribution in [0.15, 0.2) is 91.0 Å². The lowest BCUT2D eigenvalue weighted by Gasteiger charge is -2.51. The van der Waals surface area contributed by atoms with Gasteiger partial charge in [-0.2, -0.15) is 0 Å². The van der Waals surface area contributed by atoms with Crippen LogP contribution >= 0.6 is 7.26 Å². The van der Waals surface area contributed by atoms with Crippen LogP contribution in [0.4, 0.5) is 0 Å². The Bertz CT molecular complexity index is 2270. The largest absolute Gasteiger partial charge is 0.459 e. The van der Waals surface area contributed by atoms with Gasteiger partial charge in [0, 0.05) is 51.5 Å². The second-order valence-electron chi connectivity index (χ2n) is 25.0. The number of methoxy groups -OCH3 is 1. The lowest BCUT2D eigenvalue weighted by Crippen LogP contribution is -2.61. The highest BCUT2D eigenvalue weighted by Crippen LogP contribution is 2.55. The summed E-state index contributed by atoms with van der Waals surface area (Å²) >= 11 is 0. The van der Waals surface area contributed by atoms with Crippen molar-refractivity contribution in [2.75, 3.05) is 54.0 Å². The number of ether oxygens (including phenoxy) is 5. The number of unbranched alkanes of at least 4 members (excludes halogenated alkanes) is 2. The maximum Gasteiger partial charge on any atom is 0.309 e. The van der Waals surface area contributed by atoms with Crippen molar-refractivity contribution in [3.8, 4) is 0 Å². The molecule has 0 bridgehead atoms. The van der Waals surface area contributed by atoms with Crippen LogP contribution in [0.1, 0.15) is 121 Å². The van der Waals surface area contributed by atoms with Crippen LogP contribution in [-0.4, -0.2) is 190 Å². The molecule has 0 aliphatic carbocycles. The molecule has 6 rings (SSSR count). The molecule has 5 N–H and O–H groups in total. The fraction of sp³-hybridized carbons (Fsp3) is 0.688. The van der Waals surface area contributed by atoms with Crippen LogP contribution in [0.25, 0.3) is 0 Å². The van der Waals surface area contributed by atoms with Crippen molar-refractivity contribution in [3.63, 3.8) is 0 Å². The number of esters is 1. The standard InChI is InChI=1S/C64H101N3O12P/c1-15-53-64(10,74)57(70)46(6)67(35-27-19-26-34-54(68)66(13)36-37-80(48-28-20-16-21-29-48,49-30-22-17-23-31-49)50-32-24-18-25-33-50)41-42(2)39-62(8,73)59(79-61-56(69)51(65(11)12)38-43(3)76-61)44(4)55(45(5)60(72)78-53)52-40-63(9,75-14)58(71)47(7)77-52/h16-18,20-25,28-33,42-47,51-53,55-59,61,69-71,73-74H,15,19,26-27,34-41H2,1-14H3/q+1/t42-,43-,44+,45-,46-,47+,51+,52-,53-,55?,56-,57-,58+,59-,61+,62-,63-,64-/m1/s1. The van der Waals surface area contributed by atoms with Gasteiger partial charge in [-0.1, -0.05) is 88.7 Å². The Labute approximate surface area is 480 Å². The van der Waals surface area contributed by atoms with Crippen molar-refractivity contribution in [1.29, 1.82) is 0 Å². The van der Waals surface area contributed by atoms with Gasteiger partial charge in [0.2, 0.25) is 5.91 Å². The molecule has 3 fully saturated rings. The highest BCUT2D eigenvalue weighted by molar-refractivity contribution is 7.95. The average Bonchev–Trinajstić information content (AvgIpc) is 3.52. The number of hydrogen-bond acceptors (Lipinski definition) is 14. The predicted octanol–water partition coefficient (Wildman–Crippen LogP) is 6.56. The number of likely N-dealkylation sites (N-methyl/N-ethyl adjacent to an activating group) is 1. The third-order valence-electron chi connectivity index (χ3n) is 18.5. The summed E-state index contributed by atoms with van der Waals surface area (Å²) in [5.41, 5.74) is -4.54. The number of cyclic esters (lactones) is 1. The Morgan fingerprint density at radius 1 is 0.787 bits per heavy atom. The third kappa shape index (κ3) is 15.1. The van der Waals surface area contributed by atoms with Gasteiger partial charge in [-0.25, -0.2) is 0 Å². The Kier molecular flexibility index (Phi) is 23.4.